The quantitative estimate of drug-likeness (QED) is 0.345. The number of aromatic nitrogens is 1. The van der Waals surface area contributed by atoms with Crippen molar-refractivity contribution in [3.8, 4) is 5.75 Å². The number of rotatable bonds is 9. The van der Waals surface area contributed by atoms with Gasteiger partial charge in [0.25, 0.3) is 0 Å². The molecular weight excluding hydrogens is 408 g/mol. The Balaban J connectivity index is 1.38. The van der Waals surface area contributed by atoms with Crippen LogP contribution in [0, 0.1) is 6.92 Å². The molecule has 1 amide bonds. The third-order valence-corrected chi connectivity index (χ3v) is 5.88. The highest BCUT2D eigenvalue weighted by Gasteiger charge is 2.11. The molecule has 0 atom stereocenters. The van der Waals surface area contributed by atoms with Crippen molar-refractivity contribution in [1.82, 2.24) is 9.88 Å². The molecule has 33 heavy (non-hydrogen) atoms. The van der Waals surface area contributed by atoms with Crippen LogP contribution in [-0.4, -0.2) is 16.6 Å². The van der Waals surface area contributed by atoms with Crippen LogP contribution in [-0.2, 0) is 24.3 Å². The maximum atomic E-state index is 12.5. The molecule has 4 aromatic rings. The number of hydrogen-bond acceptors (Lipinski definition) is 2. The summed E-state index contributed by atoms with van der Waals surface area (Å²) in [6.07, 6.45) is 3.54. The van der Waals surface area contributed by atoms with Crippen molar-refractivity contribution < 1.29 is 9.53 Å². The molecule has 4 rings (SSSR count). The largest absolute Gasteiger partial charge is 0.491 e. The number of aryl methyl sites for hydroxylation is 2. The lowest BCUT2D eigenvalue weighted by molar-refractivity contribution is -0.121. The van der Waals surface area contributed by atoms with Crippen LogP contribution in [0.2, 0.25) is 0 Å². The van der Waals surface area contributed by atoms with Gasteiger partial charge >= 0.3 is 0 Å². The van der Waals surface area contributed by atoms with Gasteiger partial charge in [-0.2, -0.15) is 0 Å². The fraction of sp³-hybridized carbons (Fsp3) is 0.276. The van der Waals surface area contributed by atoms with Crippen molar-refractivity contribution in [2.75, 3.05) is 0 Å². The van der Waals surface area contributed by atoms with E-state index in [4.69, 9.17) is 4.74 Å². The van der Waals surface area contributed by atoms with Crippen molar-refractivity contribution >= 4 is 16.8 Å². The third-order valence-electron chi connectivity index (χ3n) is 5.88. The summed E-state index contributed by atoms with van der Waals surface area (Å²) >= 11 is 0. The SMILES string of the molecule is Cc1ccccc1Cn1cc(CCC(=O)NCc2ccc(OC(C)C)cc2)c2ccccc21. The fourth-order valence-electron chi connectivity index (χ4n) is 4.12. The number of nitrogens with one attached hydrogen (secondary N) is 1. The maximum absolute atomic E-state index is 12.5. The Morgan fingerprint density at radius 3 is 2.42 bits per heavy atom. The molecule has 4 heteroatoms. The number of benzene rings is 3. The molecule has 0 saturated heterocycles. The number of carbonyl (C=O) groups excluding carboxylic acids is 1. The van der Waals surface area contributed by atoms with Gasteiger partial charge in [-0.3, -0.25) is 4.79 Å². The zero-order chi connectivity index (χ0) is 23.2. The zero-order valence-corrected chi connectivity index (χ0v) is 19.7. The molecule has 0 bridgehead atoms. The van der Waals surface area contributed by atoms with E-state index < -0.39 is 0 Å². The molecule has 0 aliphatic heterocycles. The van der Waals surface area contributed by atoms with Crippen LogP contribution >= 0.6 is 0 Å². The van der Waals surface area contributed by atoms with Gasteiger partial charge in [-0.15, -0.1) is 0 Å². The van der Waals surface area contributed by atoms with E-state index in [0.717, 1.165) is 17.9 Å². The first-order valence-corrected chi connectivity index (χ1v) is 11.6. The van der Waals surface area contributed by atoms with Crippen LogP contribution in [0.5, 0.6) is 5.75 Å². The summed E-state index contributed by atoms with van der Waals surface area (Å²) in [6.45, 7) is 7.52. The molecule has 0 radical (unpaired) electrons. The predicted octanol–water partition coefficient (Wildman–Crippen LogP) is 6.03. The smallest absolute Gasteiger partial charge is 0.220 e. The number of nitrogens with zero attached hydrogens (tertiary/aromatic N) is 1. The number of hydrogen-bond donors (Lipinski definition) is 1. The molecule has 0 saturated carbocycles. The number of ether oxygens (including phenoxy) is 1. The molecule has 1 heterocycles. The summed E-state index contributed by atoms with van der Waals surface area (Å²) in [7, 11) is 0. The molecule has 0 fully saturated rings. The zero-order valence-electron chi connectivity index (χ0n) is 19.7. The molecule has 1 N–H and O–H groups in total. The lowest BCUT2D eigenvalue weighted by Gasteiger charge is -2.10. The second-order valence-electron chi connectivity index (χ2n) is 8.81. The summed E-state index contributed by atoms with van der Waals surface area (Å²) in [6, 6.07) is 24.8. The molecule has 4 nitrogen and oxygen atoms in total. The van der Waals surface area contributed by atoms with Crippen molar-refractivity contribution in [3.63, 3.8) is 0 Å². The Morgan fingerprint density at radius 2 is 1.67 bits per heavy atom. The molecule has 0 spiro atoms. The molecule has 0 aliphatic rings. The van der Waals surface area contributed by atoms with Crippen LogP contribution in [0.4, 0.5) is 0 Å². The molecular formula is C29H32N2O2. The number of carbonyl (C=O) groups is 1. The van der Waals surface area contributed by atoms with E-state index in [9.17, 15) is 4.79 Å². The number of amides is 1. The normalized spacial score (nSPS) is 11.2. The summed E-state index contributed by atoms with van der Waals surface area (Å²) in [5.74, 6) is 0.912. The molecule has 0 aliphatic carbocycles. The van der Waals surface area contributed by atoms with Gasteiger partial charge in [0.15, 0.2) is 0 Å². The van der Waals surface area contributed by atoms with E-state index in [1.807, 2.05) is 38.1 Å². The van der Waals surface area contributed by atoms with Crippen molar-refractivity contribution in [2.24, 2.45) is 0 Å². The maximum Gasteiger partial charge on any atom is 0.220 e. The Morgan fingerprint density at radius 1 is 0.939 bits per heavy atom. The van der Waals surface area contributed by atoms with Crippen molar-refractivity contribution in [3.05, 3.63) is 101 Å². The van der Waals surface area contributed by atoms with Gasteiger partial charge in [-0.25, -0.2) is 0 Å². The van der Waals surface area contributed by atoms with Crippen molar-refractivity contribution in [1.29, 1.82) is 0 Å². The van der Waals surface area contributed by atoms with Crippen LogP contribution in [0.1, 0.15) is 42.5 Å². The molecule has 3 aromatic carbocycles. The molecule has 0 unspecified atom stereocenters. The van der Waals surface area contributed by atoms with Gasteiger partial charge in [-0.1, -0.05) is 54.6 Å². The predicted molar refractivity (Wildman–Crippen MR) is 135 cm³/mol. The highest BCUT2D eigenvalue weighted by Crippen LogP contribution is 2.24. The standard InChI is InChI=1S/C29H32N2O2/c1-21(2)33-26-15-12-23(13-16-26)18-30-29(32)17-14-25-20-31(28-11-7-6-10-27(25)28)19-24-9-5-4-8-22(24)3/h4-13,15-16,20-21H,14,17-19H2,1-3H3,(H,30,32). The third kappa shape index (κ3) is 5.83. The summed E-state index contributed by atoms with van der Waals surface area (Å²) in [5, 5.41) is 4.27. The van der Waals surface area contributed by atoms with E-state index in [1.165, 1.54) is 27.6 Å². The van der Waals surface area contributed by atoms with Gasteiger partial charge in [0, 0.05) is 36.6 Å². The van der Waals surface area contributed by atoms with E-state index in [1.54, 1.807) is 0 Å². The summed E-state index contributed by atoms with van der Waals surface area (Å²) in [4.78, 5) is 12.5. The highest BCUT2D eigenvalue weighted by molar-refractivity contribution is 5.85. The van der Waals surface area contributed by atoms with E-state index in [0.29, 0.717) is 19.4 Å². The van der Waals surface area contributed by atoms with Crippen LogP contribution < -0.4 is 10.1 Å². The van der Waals surface area contributed by atoms with Crippen LogP contribution in [0.25, 0.3) is 10.9 Å². The van der Waals surface area contributed by atoms with Gasteiger partial charge < -0.3 is 14.6 Å². The van der Waals surface area contributed by atoms with Gasteiger partial charge in [0.1, 0.15) is 5.75 Å². The Hall–Kier alpha value is -3.53. The minimum absolute atomic E-state index is 0.0632. The Labute approximate surface area is 196 Å². The fourth-order valence-corrected chi connectivity index (χ4v) is 4.12. The highest BCUT2D eigenvalue weighted by atomic mass is 16.5. The monoisotopic (exact) mass is 440 g/mol. The van der Waals surface area contributed by atoms with Gasteiger partial charge in [0.2, 0.25) is 5.91 Å². The second kappa shape index (κ2) is 10.4. The first-order chi connectivity index (χ1) is 16.0. The minimum atomic E-state index is 0.0632. The summed E-state index contributed by atoms with van der Waals surface area (Å²) < 4.78 is 7.97. The first-order valence-electron chi connectivity index (χ1n) is 11.6. The average Bonchev–Trinajstić information content (AvgIpc) is 3.16. The lowest BCUT2D eigenvalue weighted by Crippen LogP contribution is -2.22. The number of para-hydroxylation sites is 1. The average molecular weight is 441 g/mol. The Kier molecular flexibility index (Phi) is 7.13. The van der Waals surface area contributed by atoms with Gasteiger partial charge in [-0.05, 0) is 67.6 Å². The summed E-state index contributed by atoms with van der Waals surface area (Å²) in [5.41, 5.74) is 6.09. The van der Waals surface area contributed by atoms with E-state index in [-0.39, 0.29) is 12.0 Å². The first kappa shape index (κ1) is 22.7. The molecule has 1 aromatic heterocycles. The Bertz CT molecular complexity index is 1220. The minimum Gasteiger partial charge on any atom is -0.491 e. The second-order valence-corrected chi connectivity index (χ2v) is 8.81. The van der Waals surface area contributed by atoms with E-state index >= 15 is 0 Å². The lowest BCUT2D eigenvalue weighted by atomic mass is 10.1. The number of fused-ring (bicyclic) bond motifs is 1. The van der Waals surface area contributed by atoms with Crippen LogP contribution in [0.15, 0.2) is 79.0 Å². The van der Waals surface area contributed by atoms with Crippen LogP contribution in [0.3, 0.4) is 0 Å². The topological polar surface area (TPSA) is 43.3 Å². The van der Waals surface area contributed by atoms with Gasteiger partial charge in [0.05, 0.1) is 6.10 Å². The molecule has 170 valence electrons. The van der Waals surface area contributed by atoms with Crippen molar-refractivity contribution in [2.45, 2.75) is 52.8 Å². The van der Waals surface area contributed by atoms with E-state index in [2.05, 4.69) is 71.5 Å².